The minimum Gasteiger partial charge on any atom is -0.302 e. The quantitative estimate of drug-likeness (QED) is 0.0671. The number of hydrogen-bond donors (Lipinski definition) is 3. The van der Waals surface area contributed by atoms with Crippen LogP contribution in [0.1, 0.15) is 146 Å². The molecule has 0 saturated heterocycles. The molecule has 7 nitrogen and oxygen atoms in total. The lowest BCUT2D eigenvalue weighted by molar-refractivity contribution is 0.166. The Bertz CT molecular complexity index is 1350. The largest absolute Gasteiger partial charge is 0.481 e. The van der Waals surface area contributed by atoms with E-state index in [4.69, 9.17) is 14.3 Å². The summed E-state index contributed by atoms with van der Waals surface area (Å²) in [5.74, 6) is 0.0691. The molecule has 1 aliphatic carbocycles. The van der Waals surface area contributed by atoms with Crippen LogP contribution in [0.15, 0.2) is 81.5 Å². The molecular weight excluding hydrogens is 654 g/mol. The Labute approximate surface area is 299 Å². The van der Waals surface area contributed by atoms with Gasteiger partial charge in [-0.3, -0.25) is 4.52 Å². The summed E-state index contributed by atoms with van der Waals surface area (Å²) < 4.78 is 32.5. The maximum atomic E-state index is 12.2. The lowest BCUT2D eigenvalue weighted by Crippen LogP contribution is -2.04. The Balaban J connectivity index is 2.80. The molecule has 1 fully saturated rings. The maximum absolute atomic E-state index is 12.2. The predicted molar refractivity (Wildman–Crippen MR) is 207 cm³/mol. The van der Waals surface area contributed by atoms with Gasteiger partial charge in [-0.05, 0) is 157 Å². The van der Waals surface area contributed by atoms with Gasteiger partial charge in [0.1, 0.15) is 0 Å². The van der Waals surface area contributed by atoms with Crippen molar-refractivity contribution in [1.29, 1.82) is 0 Å². The van der Waals surface area contributed by atoms with Gasteiger partial charge in [-0.25, -0.2) is 9.13 Å². The number of phosphoric ester groups is 1. The fourth-order valence-electron chi connectivity index (χ4n) is 6.23. The minimum atomic E-state index is -5.17. The molecule has 0 radical (unpaired) electrons. The van der Waals surface area contributed by atoms with Crippen molar-refractivity contribution in [3.8, 4) is 0 Å². The Morgan fingerprint density at radius 2 is 0.959 bits per heavy atom. The van der Waals surface area contributed by atoms with Crippen molar-refractivity contribution >= 4 is 15.6 Å². The molecule has 9 heteroatoms. The van der Waals surface area contributed by atoms with Crippen LogP contribution in [0.2, 0.25) is 0 Å². The highest BCUT2D eigenvalue weighted by molar-refractivity contribution is 7.60. The summed E-state index contributed by atoms with van der Waals surface area (Å²) in [6.45, 7) is 21.5. The number of rotatable bonds is 24. The second kappa shape index (κ2) is 22.4. The molecule has 1 rings (SSSR count). The van der Waals surface area contributed by atoms with Crippen molar-refractivity contribution in [2.45, 2.75) is 146 Å². The predicted octanol–water partition coefficient (Wildman–Crippen LogP) is 12.8. The first-order valence-electron chi connectivity index (χ1n) is 18.0. The van der Waals surface area contributed by atoms with Gasteiger partial charge in [0.25, 0.3) is 0 Å². The fourth-order valence-corrected chi connectivity index (χ4v) is 7.84. The highest BCUT2D eigenvalue weighted by Gasteiger charge is 2.59. The van der Waals surface area contributed by atoms with Crippen molar-refractivity contribution in [2.24, 2.45) is 17.3 Å². The average molecular weight is 723 g/mol. The topological polar surface area (TPSA) is 113 Å². The van der Waals surface area contributed by atoms with E-state index < -0.39 is 15.6 Å². The molecule has 1 saturated carbocycles. The van der Waals surface area contributed by atoms with E-state index in [2.05, 4.69) is 116 Å². The molecule has 0 aliphatic heterocycles. The molecule has 3 N–H and O–H groups in total. The van der Waals surface area contributed by atoms with Crippen LogP contribution in [-0.2, 0) is 18.0 Å². The summed E-state index contributed by atoms with van der Waals surface area (Å²) in [6.07, 6.45) is 28.3. The lowest BCUT2D eigenvalue weighted by atomic mass is 9.95. The van der Waals surface area contributed by atoms with Crippen molar-refractivity contribution in [3.05, 3.63) is 81.5 Å². The smallest absolute Gasteiger partial charge is 0.302 e. The highest BCUT2D eigenvalue weighted by Crippen LogP contribution is 2.65. The number of phosphoric acid groups is 2. The first-order chi connectivity index (χ1) is 22.7. The van der Waals surface area contributed by atoms with Gasteiger partial charge in [0.05, 0.1) is 6.61 Å². The monoisotopic (exact) mass is 722 g/mol. The molecule has 49 heavy (non-hydrogen) atoms. The van der Waals surface area contributed by atoms with Crippen LogP contribution in [-0.4, -0.2) is 21.3 Å². The van der Waals surface area contributed by atoms with E-state index in [1.165, 1.54) is 39.0 Å². The van der Waals surface area contributed by atoms with Crippen LogP contribution in [0.25, 0.3) is 0 Å². The zero-order chi connectivity index (χ0) is 37.3. The van der Waals surface area contributed by atoms with E-state index in [0.717, 1.165) is 77.0 Å². The molecule has 0 aromatic carbocycles. The molecule has 0 aromatic rings. The van der Waals surface area contributed by atoms with Crippen molar-refractivity contribution in [2.75, 3.05) is 6.61 Å². The minimum absolute atomic E-state index is 0.0626. The van der Waals surface area contributed by atoms with E-state index >= 15 is 0 Å². The van der Waals surface area contributed by atoms with Crippen molar-refractivity contribution < 1.29 is 32.6 Å². The van der Waals surface area contributed by atoms with Crippen LogP contribution in [0, 0.1) is 17.3 Å². The third kappa shape index (κ3) is 21.4. The third-order valence-electron chi connectivity index (χ3n) is 9.48. The Morgan fingerprint density at radius 1 is 0.592 bits per heavy atom. The summed E-state index contributed by atoms with van der Waals surface area (Å²) in [7, 11) is -10.1. The molecule has 0 amide bonds. The number of hydrogen-bond acceptors (Lipinski definition) is 4. The van der Waals surface area contributed by atoms with E-state index in [1.807, 2.05) is 0 Å². The van der Waals surface area contributed by atoms with Gasteiger partial charge in [-0.2, -0.15) is 4.31 Å². The summed E-state index contributed by atoms with van der Waals surface area (Å²) in [5, 5.41) is 0. The molecule has 0 heterocycles. The van der Waals surface area contributed by atoms with Crippen LogP contribution in [0.5, 0.6) is 0 Å². The van der Waals surface area contributed by atoms with Gasteiger partial charge in [0.2, 0.25) is 0 Å². The van der Waals surface area contributed by atoms with Crippen LogP contribution < -0.4 is 0 Å². The summed E-state index contributed by atoms with van der Waals surface area (Å²) in [4.78, 5) is 27.9. The second-order valence-corrected chi connectivity index (χ2v) is 17.8. The SMILES string of the molecule is CC(C)=CCCC(C)=CCCC(C)=CCCC(C)=CC1C(COP(=O)(O)OP(=O)(O)O)C1(C)CCC=C(C)CCC=C(C)CCC=C(C)C. The third-order valence-corrected chi connectivity index (χ3v) is 11.6. The summed E-state index contributed by atoms with van der Waals surface area (Å²) in [6, 6.07) is 0. The molecule has 4 unspecified atom stereocenters. The summed E-state index contributed by atoms with van der Waals surface area (Å²) >= 11 is 0. The Hall–Kier alpha value is -1.56. The zero-order valence-corrected chi connectivity index (χ0v) is 34.0. The van der Waals surface area contributed by atoms with Crippen LogP contribution in [0.3, 0.4) is 0 Å². The van der Waals surface area contributed by atoms with Crippen LogP contribution in [0.4, 0.5) is 0 Å². The van der Waals surface area contributed by atoms with Gasteiger partial charge in [0, 0.05) is 0 Å². The van der Waals surface area contributed by atoms with Crippen LogP contribution >= 0.6 is 15.6 Å². The van der Waals surface area contributed by atoms with E-state index in [0.29, 0.717) is 0 Å². The first kappa shape index (κ1) is 45.5. The second-order valence-electron chi connectivity index (χ2n) is 15.0. The van der Waals surface area contributed by atoms with Gasteiger partial charge < -0.3 is 14.7 Å². The molecule has 280 valence electrons. The van der Waals surface area contributed by atoms with Crippen molar-refractivity contribution in [1.82, 2.24) is 0 Å². The first-order valence-corrected chi connectivity index (χ1v) is 21.1. The summed E-state index contributed by atoms with van der Waals surface area (Å²) in [5.41, 5.74) is 9.43. The van der Waals surface area contributed by atoms with Gasteiger partial charge in [-0.15, -0.1) is 0 Å². The standard InChI is InChI=1S/C40H68O7P2/c1-31(2)17-11-19-33(5)21-13-23-35(7)25-15-26-37(9)29-38-39(30-46-49(44,45)47-48(41,42)43)40(38,10)28-16-27-36(8)24-14-22-34(6)20-12-18-32(3)4/h17-18,21-22,25,27,29,38-39H,11-16,19-20,23-24,26,28,30H2,1-10H3,(H,44,45)(H2,41,42,43). The molecular formula is C40H68O7P2. The van der Waals surface area contributed by atoms with Gasteiger partial charge >= 0.3 is 15.6 Å². The fraction of sp³-hybridized carbons (Fsp3) is 0.650. The average Bonchev–Trinajstić information content (AvgIpc) is 3.50. The highest BCUT2D eigenvalue weighted by atomic mass is 31.3. The van der Waals surface area contributed by atoms with Crippen molar-refractivity contribution in [3.63, 3.8) is 0 Å². The maximum Gasteiger partial charge on any atom is 0.481 e. The molecule has 4 atom stereocenters. The zero-order valence-electron chi connectivity index (χ0n) is 32.3. The van der Waals surface area contributed by atoms with E-state index in [1.54, 1.807) is 0 Å². The Morgan fingerprint density at radius 3 is 1.35 bits per heavy atom. The Kier molecular flexibility index (Phi) is 20.8. The van der Waals surface area contributed by atoms with Gasteiger partial charge in [-0.1, -0.05) is 88.5 Å². The van der Waals surface area contributed by atoms with E-state index in [-0.39, 0.29) is 23.9 Å². The van der Waals surface area contributed by atoms with E-state index in [9.17, 15) is 14.0 Å². The normalized spacial score (nSPS) is 22.2. The lowest BCUT2D eigenvalue weighted by Gasteiger charge is -2.14. The van der Waals surface area contributed by atoms with Gasteiger partial charge in [0.15, 0.2) is 0 Å². The molecule has 0 spiro atoms. The number of allylic oxidation sites excluding steroid dienone is 14. The molecule has 0 aromatic heterocycles. The molecule has 1 aliphatic rings. The molecule has 0 bridgehead atoms.